The van der Waals surface area contributed by atoms with Gasteiger partial charge in [-0.15, -0.1) is 0 Å². The summed E-state index contributed by atoms with van der Waals surface area (Å²) < 4.78 is 0. The number of nitrogens with two attached hydrogens (primary N) is 1. The summed E-state index contributed by atoms with van der Waals surface area (Å²) in [7, 11) is 3.97. The monoisotopic (exact) mass is 299 g/mol. The summed E-state index contributed by atoms with van der Waals surface area (Å²) in [6, 6.07) is 0. The number of nitrogen functional groups attached to an aromatic ring is 1. The van der Waals surface area contributed by atoms with Gasteiger partial charge in [0.05, 0.1) is 0 Å². The number of carbonyl (C=O) groups is 1. The summed E-state index contributed by atoms with van der Waals surface area (Å²) in [6.07, 6.45) is 0.998. The van der Waals surface area contributed by atoms with Gasteiger partial charge in [-0.2, -0.15) is 0 Å². The van der Waals surface area contributed by atoms with Crippen LogP contribution in [-0.4, -0.2) is 48.5 Å². The fourth-order valence-corrected chi connectivity index (χ4v) is 2.16. The first-order chi connectivity index (χ1) is 9.27. The first-order valence-electron chi connectivity index (χ1n) is 6.73. The van der Waals surface area contributed by atoms with E-state index in [2.05, 4.69) is 41.3 Å². The van der Waals surface area contributed by atoms with Gasteiger partial charge in [-0.05, 0) is 34.4 Å². The maximum atomic E-state index is 12.2. The van der Waals surface area contributed by atoms with Crippen molar-refractivity contribution in [3.8, 4) is 0 Å². The van der Waals surface area contributed by atoms with Gasteiger partial charge in [0.15, 0.2) is 5.13 Å². The van der Waals surface area contributed by atoms with Crippen LogP contribution in [0.1, 0.15) is 36.9 Å². The number of aromatic nitrogens is 1. The molecule has 0 saturated carbocycles. The van der Waals surface area contributed by atoms with Crippen molar-refractivity contribution in [3.05, 3.63) is 4.88 Å². The number of likely N-dealkylation sites (N-methyl/N-ethyl adjacent to an activating group) is 1. The Labute approximate surface area is 124 Å². The Morgan fingerprint density at radius 3 is 2.65 bits per heavy atom. The van der Waals surface area contributed by atoms with Crippen LogP contribution in [-0.2, 0) is 0 Å². The maximum absolute atomic E-state index is 12.2. The molecule has 0 saturated heterocycles. The topological polar surface area (TPSA) is 83.3 Å². The zero-order valence-corrected chi connectivity index (χ0v) is 13.7. The molecule has 1 amide bonds. The van der Waals surface area contributed by atoms with E-state index in [9.17, 15) is 4.79 Å². The molecule has 1 rings (SSSR count). The SMILES string of the molecule is CCCNc1nc(N)c(C(=O)NCC(C)(C)N(C)C)s1. The van der Waals surface area contributed by atoms with Gasteiger partial charge in [-0.25, -0.2) is 4.98 Å². The quantitative estimate of drug-likeness (QED) is 0.712. The van der Waals surface area contributed by atoms with Crippen molar-refractivity contribution >= 4 is 28.2 Å². The summed E-state index contributed by atoms with van der Waals surface area (Å²) in [4.78, 5) is 18.9. The Morgan fingerprint density at radius 2 is 2.10 bits per heavy atom. The number of carbonyl (C=O) groups excluding carboxylic acids is 1. The van der Waals surface area contributed by atoms with Crippen LogP contribution in [0.4, 0.5) is 10.9 Å². The lowest BCUT2D eigenvalue weighted by Crippen LogP contribution is -2.48. The fourth-order valence-electron chi connectivity index (χ4n) is 1.34. The van der Waals surface area contributed by atoms with Crippen LogP contribution in [0.5, 0.6) is 0 Å². The minimum Gasteiger partial charge on any atom is -0.382 e. The molecule has 4 N–H and O–H groups in total. The van der Waals surface area contributed by atoms with E-state index in [1.807, 2.05) is 14.1 Å². The average Bonchev–Trinajstić information content (AvgIpc) is 2.74. The second-order valence-electron chi connectivity index (χ2n) is 5.55. The smallest absolute Gasteiger partial charge is 0.265 e. The van der Waals surface area contributed by atoms with E-state index in [0.29, 0.717) is 16.6 Å². The number of rotatable bonds is 7. The molecule has 20 heavy (non-hydrogen) atoms. The largest absolute Gasteiger partial charge is 0.382 e. The van der Waals surface area contributed by atoms with Crippen LogP contribution in [0.15, 0.2) is 0 Å². The predicted octanol–water partition coefficient (Wildman–Crippen LogP) is 1.62. The highest BCUT2D eigenvalue weighted by Crippen LogP contribution is 2.24. The molecule has 1 heterocycles. The molecule has 7 heteroatoms. The molecule has 0 atom stereocenters. The van der Waals surface area contributed by atoms with Crippen LogP contribution in [0.3, 0.4) is 0 Å². The van der Waals surface area contributed by atoms with Crippen molar-refractivity contribution in [3.63, 3.8) is 0 Å². The molecule has 0 aliphatic heterocycles. The zero-order valence-electron chi connectivity index (χ0n) is 12.9. The highest BCUT2D eigenvalue weighted by atomic mass is 32.1. The van der Waals surface area contributed by atoms with E-state index in [0.717, 1.165) is 13.0 Å². The van der Waals surface area contributed by atoms with Gasteiger partial charge < -0.3 is 21.3 Å². The number of anilines is 2. The van der Waals surface area contributed by atoms with Gasteiger partial charge >= 0.3 is 0 Å². The Kier molecular flexibility index (Phi) is 5.76. The van der Waals surface area contributed by atoms with Gasteiger partial charge in [0.2, 0.25) is 0 Å². The van der Waals surface area contributed by atoms with Gasteiger partial charge in [-0.1, -0.05) is 18.3 Å². The van der Waals surface area contributed by atoms with E-state index in [1.165, 1.54) is 11.3 Å². The van der Waals surface area contributed by atoms with Crippen molar-refractivity contribution in [1.82, 2.24) is 15.2 Å². The van der Waals surface area contributed by atoms with Gasteiger partial charge in [-0.3, -0.25) is 4.79 Å². The van der Waals surface area contributed by atoms with Crippen LogP contribution in [0, 0.1) is 0 Å². The molecule has 0 radical (unpaired) electrons. The first-order valence-corrected chi connectivity index (χ1v) is 7.55. The van der Waals surface area contributed by atoms with E-state index in [-0.39, 0.29) is 17.3 Å². The Bertz CT molecular complexity index is 456. The molecular weight excluding hydrogens is 274 g/mol. The molecule has 0 bridgehead atoms. The standard InChI is InChI=1S/C13H25N5OS/c1-6-7-15-12-17-10(14)9(20-12)11(19)16-8-13(2,3)18(4)5/h6-8,14H2,1-5H3,(H,15,17)(H,16,19). The minimum absolute atomic E-state index is 0.113. The normalized spacial score (nSPS) is 11.7. The minimum atomic E-state index is -0.167. The molecule has 0 aliphatic carbocycles. The Balaban J connectivity index is 2.66. The lowest BCUT2D eigenvalue weighted by atomic mass is 10.0. The first kappa shape index (κ1) is 16.7. The highest BCUT2D eigenvalue weighted by Gasteiger charge is 2.23. The molecule has 1 aromatic rings. The van der Waals surface area contributed by atoms with E-state index in [1.54, 1.807) is 0 Å². The predicted molar refractivity (Wildman–Crippen MR) is 85.4 cm³/mol. The van der Waals surface area contributed by atoms with Crippen LogP contribution in [0.2, 0.25) is 0 Å². The van der Waals surface area contributed by atoms with Crippen LogP contribution >= 0.6 is 11.3 Å². The highest BCUT2D eigenvalue weighted by molar-refractivity contribution is 7.18. The average molecular weight is 299 g/mol. The van der Waals surface area contributed by atoms with Crippen molar-refractivity contribution in [2.75, 3.05) is 38.2 Å². The van der Waals surface area contributed by atoms with Crippen molar-refractivity contribution in [2.45, 2.75) is 32.7 Å². The van der Waals surface area contributed by atoms with E-state index >= 15 is 0 Å². The van der Waals surface area contributed by atoms with E-state index in [4.69, 9.17) is 5.73 Å². The molecule has 0 aromatic carbocycles. The van der Waals surface area contributed by atoms with Crippen molar-refractivity contribution in [1.29, 1.82) is 0 Å². The third-order valence-corrected chi connectivity index (χ3v) is 4.31. The second-order valence-corrected chi connectivity index (χ2v) is 6.55. The summed E-state index contributed by atoms with van der Waals surface area (Å²) in [6.45, 7) is 7.57. The van der Waals surface area contributed by atoms with Crippen molar-refractivity contribution in [2.24, 2.45) is 0 Å². The Hall–Kier alpha value is -1.34. The van der Waals surface area contributed by atoms with Crippen molar-refractivity contribution < 1.29 is 4.79 Å². The molecule has 0 aliphatic rings. The third-order valence-electron chi connectivity index (χ3n) is 3.28. The summed E-state index contributed by atoms with van der Waals surface area (Å²) in [5, 5.41) is 6.75. The summed E-state index contributed by atoms with van der Waals surface area (Å²) >= 11 is 1.29. The summed E-state index contributed by atoms with van der Waals surface area (Å²) in [5.41, 5.74) is 5.69. The molecule has 1 aromatic heterocycles. The van der Waals surface area contributed by atoms with Crippen LogP contribution < -0.4 is 16.4 Å². The maximum Gasteiger partial charge on any atom is 0.265 e. The number of thiazole rings is 1. The zero-order chi connectivity index (χ0) is 15.3. The number of amides is 1. The molecule has 0 unspecified atom stereocenters. The fraction of sp³-hybridized carbons (Fsp3) is 0.692. The van der Waals surface area contributed by atoms with Crippen LogP contribution in [0.25, 0.3) is 0 Å². The Morgan fingerprint density at radius 1 is 1.45 bits per heavy atom. The van der Waals surface area contributed by atoms with E-state index < -0.39 is 0 Å². The number of hydrogen-bond acceptors (Lipinski definition) is 6. The van der Waals surface area contributed by atoms with Gasteiger partial charge in [0.1, 0.15) is 10.7 Å². The van der Waals surface area contributed by atoms with Gasteiger partial charge in [0.25, 0.3) is 5.91 Å². The second kappa shape index (κ2) is 6.90. The molecular formula is C13H25N5OS. The molecule has 0 spiro atoms. The lowest BCUT2D eigenvalue weighted by Gasteiger charge is -2.32. The summed E-state index contributed by atoms with van der Waals surface area (Å²) in [5.74, 6) is 0.119. The molecule has 114 valence electrons. The molecule has 6 nitrogen and oxygen atoms in total. The van der Waals surface area contributed by atoms with Gasteiger partial charge in [0, 0.05) is 18.6 Å². The lowest BCUT2D eigenvalue weighted by molar-refractivity contribution is 0.0924. The number of hydrogen-bond donors (Lipinski definition) is 3. The molecule has 0 fully saturated rings. The third kappa shape index (κ3) is 4.35. The number of nitrogens with one attached hydrogen (secondary N) is 2. The number of nitrogens with zero attached hydrogens (tertiary/aromatic N) is 2.